The predicted octanol–water partition coefficient (Wildman–Crippen LogP) is 4.44. The maximum absolute atomic E-state index is 13.6. The molecule has 7 heteroatoms. The summed E-state index contributed by atoms with van der Waals surface area (Å²) in [6.07, 6.45) is 2.09. The fourth-order valence-corrected chi connectivity index (χ4v) is 6.42. The van der Waals surface area contributed by atoms with Gasteiger partial charge in [0.05, 0.1) is 7.11 Å². The molecule has 7 nitrogen and oxygen atoms in total. The van der Waals surface area contributed by atoms with Crippen LogP contribution in [0.15, 0.2) is 66.7 Å². The summed E-state index contributed by atoms with van der Waals surface area (Å²) < 4.78 is 7.80. The molecule has 1 amide bonds. The van der Waals surface area contributed by atoms with Gasteiger partial charge in [-0.15, -0.1) is 0 Å². The summed E-state index contributed by atoms with van der Waals surface area (Å²) in [6.45, 7) is 11.0. The highest BCUT2D eigenvalue weighted by Gasteiger charge is 2.23. The third-order valence-corrected chi connectivity index (χ3v) is 8.98. The minimum absolute atomic E-state index is 0.147. The Kier molecular flexibility index (Phi) is 8.56. The van der Waals surface area contributed by atoms with Gasteiger partial charge in [0.1, 0.15) is 5.75 Å². The molecule has 216 valence electrons. The molecule has 2 aliphatic heterocycles. The van der Waals surface area contributed by atoms with Crippen LogP contribution < -0.4 is 4.74 Å². The van der Waals surface area contributed by atoms with E-state index in [2.05, 4.69) is 80.9 Å². The van der Waals surface area contributed by atoms with E-state index in [0.717, 1.165) is 96.1 Å². The van der Waals surface area contributed by atoms with Gasteiger partial charge >= 0.3 is 0 Å². The molecule has 6 rings (SSSR count). The second-order valence-corrected chi connectivity index (χ2v) is 11.6. The van der Waals surface area contributed by atoms with E-state index in [1.165, 1.54) is 27.4 Å². The van der Waals surface area contributed by atoms with E-state index < -0.39 is 0 Å². The number of aryl methyl sites for hydroxylation is 1. The van der Waals surface area contributed by atoms with Crippen molar-refractivity contribution in [1.82, 2.24) is 24.2 Å². The number of nitrogens with zero attached hydrogens (tertiary/aromatic N) is 5. The summed E-state index contributed by atoms with van der Waals surface area (Å²) in [5, 5.41) is 2.50. The van der Waals surface area contributed by atoms with Gasteiger partial charge in [-0.3, -0.25) is 9.69 Å². The summed E-state index contributed by atoms with van der Waals surface area (Å²) >= 11 is 0. The monoisotopic (exact) mass is 553 g/mol. The number of carbonyl (C=O) groups excluding carboxylic acids is 1. The smallest absolute Gasteiger partial charge is 0.254 e. The number of ether oxygens (including phenoxy) is 1. The first-order valence-corrected chi connectivity index (χ1v) is 15.2. The molecule has 0 bridgehead atoms. The van der Waals surface area contributed by atoms with Crippen molar-refractivity contribution in [3.63, 3.8) is 0 Å². The summed E-state index contributed by atoms with van der Waals surface area (Å²) in [6, 6.07) is 23.3. The minimum Gasteiger partial charge on any atom is -0.497 e. The lowest BCUT2D eigenvalue weighted by Crippen LogP contribution is -2.49. The molecule has 2 aliphatic rings. The number of carbonyl (C=O) groups is 1. The van der Waals surface area contributed by atoms with Crippen molar-refractivity contribution in [1.29, 1.82) is 0 Å². The molecule has 0 unspecified atom stereocenters. The van der Waals surface area contributed by atoms with E-state index >= 15 is 0 Å². The lowest BCUT2D eigenvalue weighted by Gasteiger charge is -2.34. The normalized spacial score (nSPS) is 17.5. The summed E-state index contributed by atoms with van der Waals surface area (Å²) in [7, 11) is 3.92. The van der Waals surface area contributed by atoms with E-state index in [4.69, 9.17) is 4.74 Å². The third kappa shape index (κ3) is 6.27. The third-order valence-electron chi connectivity index (χ3n) is 8.98. The van der Waals surface area contributed by atoms with E-state index in [1.807, 2.05) is 17.0 Å². The summed E-state index contributed by atoms with van der Waals surface area (Å²) in [4.78, 5) is 23.1. The molecule has 0 saturated carbocycles. The van der Waals surface area contributed by atoms with Crippen LogP contribution in [-0.2, 0) is 13.0 Å². The van der Waals surface area contributed by atoms with Crippen molar-refractivity contribution < 1.29 is 9.53 Å². The van der Waals surface area contributed by atoms with E-state index in [1.54, 1.807) is 7.11 Å². The molecule has 0 N–H and O–H groups in total. The molecule has 1 aromatic heterocycles. The number of aromatic nitrogens is 1. The van der Waals surface area contributed by atoms with Crippen LogP contribution >= 0.6 is 0 Å². The van der Waals surface area contributed by atoms with Crippen LogP contribution in [0.25, 0.3) is 21.8 Å². The molecule has 3 aromatic carbocycles. The Bertz CT molecular complexity index is 1480. The van der Waals surface area contributed by atoms with Crippen LogP contribution in [0, 0.1) is 0 Å². The number of amides is 1. The Morgan fingerprint density at radius 3 is 2.27 bits per heavy atom. The number of fused-ring (bicyclic) bond motifs is 3. The molecular weight excluding hydrogens is 510 g/mol. The van der Waals surface area contributed by atoms with Crippen LogP contribution in [0.4, 0.5) is 0 Å². The molecular formula is C34H43N5O2. The second-order valence-electron chi connectivity index (χ2n) is 11.6. The van der Waals surface area contributed by atoms with E-state index in [-0.39, 0.29) is 5.91 Å². The zero-order chi connectivity index (χ0) is 28.2. The lowest BCUT2D eigenvalue weighted by atomic mass is 10.1. The highest BCUT2D eigenvalue weighted by Crippen LogP contribution is 2.30. The first kappa shape index (κ1) is 27.8. The molecule has 41 heavy (non-hydrogen) atoms. The summed E-state index contributed by atoms with van der Waals surface area (Å²) in [5.74, 6) is 1.05. The van der Waals surface area contributed by atoms with Gasteiger partial charge < -0.3 is 24.0 Å². The Labute approximate surface area is 243 Å². The Hall–Kier alpha value is -3.39. The largest absolute Gasteiger partial charge is 0.497 e. The average Bonchev–Trinajstić information content (AvgIpc) is 3.34. The molecule has 0 atom stereocenters. The van der Waals surface area contributed by atoms with Gasteiger partial charge in [0.25, 0.3) is 5.91 Å². The number of piperazine rings is 2. The van der Waals surface area contributed by atoms with Gasteiger partial charge in [0.2, 0.25) is 0 Å². The van der Waals surface area contributed by atoms with Crippen molar-refractivity contribution in [2.24, 2.45) is 0 Å². The van der Waals surface area contributed by atoms with Crippen LogP contribution in [0.1, 0.15) is 22.3 Å². The fraction of sp³-hybridized carbons (Fsp3) is 0.441. The van der Waals surface area contributed by atoms with Gasteiger partial charge in [-0.25, -0.2) is 0 Å². The Morgan fingerprint density at radius 2 is 1.46 bits per heavy atom. The first-order valence-electron chi connectivity index (χ1n) is 15.2. The van der Waals surface area contributed by atoms with Crippen LogP contribution in [-0.4, -0.2) is 110 Å². The maximum Gasteiger partial charge on any atom is 0.254 e. The van der Waals surface area contributed by atoms with Gasteiger partial charge in [-0.1, -0.05) is 36.4 Å². The number of rotatable bonds is 9. The number of hydrogen-bond donors (Lipinski definition) is 0. The topological polar surface area (TPSA) is 44.2 Å². The van der Waals surface area contributed by atoms with Gasteiger partial charge in [-0.05, 0) is 62.3 Å². The predicted molar refractivity (Wildman–Crippen MR) is 167 cm³/mol. The van der Waals surface area contributed by atoms with Gasteiger partial charge in [0, 0.05) is 92.8 Å². The molecule has 3 heterocycles. The van der Waals surface area contributed by atoms with Crippen molar-refractivity contribution in [2.45, 2.75) is 19.4 Å². The molecule has 2 fully saturated rings. The van der Waals surface area contributed by atoms with Crippen molar-refractivity contribution in [3.8, 4) is 5.75 Å². The maximum atomic E-state index is 13.6. The minimum atomic E-state index is 0.147. The number of hydrogen-bond acceptors (Lipinski definition) is 5. The summed E-state index contributed by atoms with van der Waals surface area (Å²) in [5.41, 5.74) is 4.52. The van der Waals surface area contributed by atoms with Crippen LogP contribution in [0.3, 0.4) is 0 Å². The van der Waals surface area contributed by atoms with Crippen molar-refractivity contribution in [3.05, 3.63) is 77.9 Å². The molecule has 0 aliphatic carbocycles. The number of likely N-dealkylation sites (N-methyl/N-ethyl adjacent to an activating group) is 1. The molecule has 4 aromatic rings. The Balaban J connectivity index is 1.11. The lowest BCUT2D eigenvalue weighted by molar-refractivity contribution is 0.0638. The number of benzene rings is 3. The average molecular weight is 554 g/mol. The fourth-order valence-electron chi connectivity index (χ4n) is 6.42. The molecule has 0 radical (unpaired) electrons. The van der Waals surface area contributed by atoms with E-state index in [0.29, 0.717) is 0 Å². The molecule has 0 spiro atoms. The highest BCUT2D eigenvalue weighted by atomic mass is 16.5. The Morgan fingerprint density at radius 1 is 0.732 bits per heavy atom. The standard InChI is InChI=1S/C34H43N5O2/c1-35-17-19-36(20-18-35)14-6-15-39-32-10-4-3-9-30(32)31-12-11-28(26-33(31)39)34(40)38-23-21-37(22-24-38)16-13-27-7-5-8-29(25-27)41-2/h3-5,7-12,25-26H,6,13-24H2,1-2H3. The second kappa shape index (κ2) is 12.6. The van der Waals surface area contributed by atoms with Gasteiger partial charge in [-0.2, -0.15) is 0 Å². The zero-order valence-corrected chi connectivity index (χ0v) is 24.6. The quantitative estimate of drug-likeness (QED) is 0.307. The van der Waals surface area contributed by atoms with Crippen LogP contribution in [0.2, 0.25) is 0 Å². The zero-order valence-electron chi connectivity index (χ0n) is 24.6. The number of methoxy groups -OCH3 is 1. The van der Waals surface area contributed by atoms with Crippen LogP contribution in [0.5, 0.6) is 5.75 Å². The number of para-hydroxylation sites is 1. The highest BCUT2D eigenvalue weighted by molar-refractivity contribution is 6.10. The van der Waals surface area contributed by atoms with Crippen molar-refractivity contribution in [2.75, 3.05) is 79.6 Å². The van der Waals surface area contributed by atoms with Gasteiger partial charge in [0.15, 0.2) is 0 Å². The van der Waals surface area contributed by atoms with Crippen molar-refractivity contribution >= 4 is 27.7 Å². The first-order chi connectivity index (χ1) is 20.1. The van der Waals surface area contributed by atoms with E-state index in [9.17, 15) is 4.79 Å². The molecule has 2 saturated heterocycles. The SMILES string of the molecule is COc1cccc(CCN2CCN(C(=O)c3ccc4c5ccccc5n(CCCN5CCN(C)CC5)c4c3)CC2)c1.